The molecule has 2 aromatic heterocycles. The van der Waals surface area contributed by atoms with Crippen molar-refractivity contribution < 1.29 is 29.3 Å². The Hall–Kier alpha value is -3.70. The van der Waals surface area contributed by atoms with E-state index in [9.17, 15) is 24.6 Å². The van der Waals surface area contributed by atoms with Crippen LogP contribution in [0.4, 0.5) is 0 Å². The Labute approximate surface area is 284 Å². The molecule has 2 aromatic rings. The van der Waals surface area contributed by atoms with Crippen LogP contribution in [0.25, 0.3) is 40.2 Å². The fourth-order valence-electron chi connectivity index (χ4n) is 7.72. The van der Waals surface area contributed by atoms with Gasteiger partial charge in [-0.05, 0) is 50.9 Å². The first-order chi connectivity index (χ1) is 21.4. The second-order valence-electron chi connectivity index (χ2n) is 12.7. The topological polar surface area (TPSA) is 157 Å². The van der Waals surface area contributed by atoms with Crippen LogP contribution in [0.5, 0.6) is 0 Å². The summed E-state index contributed by atoms with van der Waals surface area (Å²) in [6, 6.07) is -0.645. The first kappa shape index (κ1) is 33.7. The number of hydrogen-bond donors (Lipinski definition) is 2. The molecule has 8 bridgehead atoms. The predicted molar refractivity (Wildman–Crippen MR) is 176 cm³/mol. The number of Topliss-reactive ketones (excluding diaryl/α,β-unsaturated/α-hetero) is 1. The number of esters is 1. The number of hydrogen-bond acceptors (Lipinski definition) is 5. The van der Waals surface area contributed by atoms with Crippen LogP contribution in [0.2, 0.25) is 0 Å². The molecule has 0 saturated carbocycles. The predicted octanol–water partition coefficient (Wildman–Crippen LogP) is 4.32. The minimum Gasteiger partial charge on any atom is -0.681 e. The third-order valence-electron chi connectivity index (χ3n) is 10.2. The van der Waals surface area contributed by atoms with Crippen LogP contribution in [0.1, 0.15) is 85.5 Å². The number of rotatable bonds is 6. The molecule has 0 aromatic carbocycles. The van der Waals surface area contributed by atoms with Gasteiger partial charge in [-0.2, -0.15) is 17.1 Å². The number of carboxylic acid groups (broad SMARTS) is 1. The monoisotopic (exact) mass is 634 g/mol. The first-order valence-electron chi connectivity index (χ1n) is 15.5. The molecule has 6 rings (SSSR count). The van der Waals surface area contributed by atoms with E-state index in [1.54, 1.807) is 0 Å². The Balaban J connectivity index is 0.00000417. The number of carboxylic acids is 1. The number of fused-ring (bicyclic) bond motifs is 8. The number of aliphatic hydroxyl groups is 1. The maximum absolute atomic E-state index is 13.3. The molecular weight excluding hydrogens is 597 g/mol. The summed E-state index contributed by atoms with van der Waals surface area (Å²) in [5.74, 6) is -3.23. The number of carbonyl (C=O) groups is 3. The Bertz CT molecular complexity index is 1860. The van der Waals surface area contributed by atoms with Gasteiger partial charge in [0.05, 0.1) is 7.11 Å². The number of methoxy groups -OCH3 is 1. The molecule has 2 N–H and O–H groups in total. The molecule has 2 fully saturated rings. The maximum atomic E-state index is 13.3. The fraction of sp³-hybridized carbons (Fsp3) is 0.457. The molecular formula is C35H38MgN4O6-2. The van der Waals surface area contributed by atoms with Gasteiger partial charge in [-0.15, -0.1) is 22.4 Å². The zero-order valence-electron chi connectivity index (χ0n) is 27.3. The zero-order chi connectivity index (χ0) is 32.5. The van der Waals surface area contributed by atoms with Gasteiger partial charge < -0.3 is 35.6 Å². The summed E-state index contributed by atoms with van der Waals surface area (Å²) < 4.78 is 5.16. The van der Waals surface area contributed by atoms with E-state index in [0.29, 0.717) is 50.9 Å². The van der Waals surface area contributed by atoms with Crippen molar-refractivity contribution in [3.8, 4) is 0 Å². The van der Waals surface area contributed by atoms with E-state index in [2.05, 4.69) is 13.8 Å². The van der Waals surface area contributed by atoms with Crippen molar-refractivity contribution in [3.63, 3.8) is 0 Å². The number of nitrogens with zero attached hydrogens (tertiary/aromatic N) is 4. The number of ketones is 1. The van der Waals surface area contributed by atoms with Crippen molar-refractivity contribution in [2.24, 2.45) is 29.6 Å². The van der Waals surface area contributed by atoms with Crippen LogP contribution in [0.3, 0.4) is 0 Å². The molecule has 3 aliphatic heterocycles. The van der Waals surface area contributed by atoms with E-state index >= 15 is 0 Å². The Morgan fingerprint density at radius 3 is 2.22 bits per heavy atom. The fourth-order valence-corrected chi connectivity index (χ4v) is 7.72. The minimum atomic E-state index is -1.11. The first-order valence-corrected chi connectivity index (χ1v) is 15.5. The standard InChI is InChI=1S/C35H40N4O6.Mg/c1-8-19-14(2)21-13-26-28(18(6)40)16(4)23(37-26)11-22-15(3)20(9-10-27(41)42)32(38-22)30-31(35(44)45-7)34(43)29-17(5)24(39-33(29)30)12-25(19)36-21;/h11-15,19-20,31-32H,8-10H2,1-7H3,(H4,36,37,40,41,42,43);/q-2;+2/p-2/b22-11+,25-12+;/t14-,15+,19-,20+,31-,32?;/m1./s1. The average Bonchev–Trinajstić information content (AvgIpc) is 3.72. The number of aliphatic carboxylic acids is 1. The van der Waals surface area contributed by atoms with E-state index in [4.69, 9.17) is 25.3 Å². The van der Waals surface area contributed by atoms with E-state index < -0.39 is 23.9 Å². The van der Waals surface area contributed by atoms with Gasteiger partial charge in [0.25, 0.3) is 0 Å². The summed E-state index contributed by atoms with van der Waals surface area (Å²) in [6.45, 7) is 11.5. The van der Waals surface area contributed by atoms with E-state index in [1.165, 1.54) is 14.0 Å². The van der Waals surface area contributed by atoms with Crippen LogP contribution in [-0.4, -0.2) is 64.1 Å². The largest absolute Gasteiger partial charge is 2.00 e. The summed E-state index contributed by atoms with van der Waals surface area (Å²) >= 11 is 0. The van der Waals surface area contributed by atoms with Gasteiger partial charge >= 0.3 is 35.0 Å². The summed E-state index contributed by atoms with van der Waals surface area (Å²) in [4.78, 5) is 47.8. The number of ether oxygens (including phenoxy) is 1. The third kappa shape index (κ3) is 5.21. The van der Waals surface area contributed by atoms with Gasteiger partial charge in [-0.25, -0.2) is 0 Å². The van der Waals surface area contributed by atoms with Crippen LogP contribution < -0.4 is 20.5 Å². The second kappa shape index (κ2) is 12.5. The minimum absolute atomic E-state index is 0. The maximum Gasteiger partial charge on any atom is 2.00 e. The average molecular weight is 635 g/mol. The second-order valence-corrected chi connectivity index (χ2v) is 12.7. The molecule has 6 atom stereocenters. The summed E-state index contributed by atoms with van der Waals surface area (Å²) in [5.41, 5.74) is 6.68. The molecule has 10 nitrogen and oxygen atoms in total. The molecule has 0 radical (unpaired) electrons. The number of allylic oxidation sites excluding steroid dienone is 3. The van der Waals surface area contributed by atoms with Crippen LogP contribution >= 0.6 is 0 Å². The molecule has 4 aliphatic rings. The molecule has 2 saturated heterocycles. The molecule has 0 amide bonds. The van der Waals surface area contributed by atoms with Crippen molar-refractivity contribution in [1.82, 2.24) is 9.97 Å². The van der Waals surface area contributed by atoms with Crippen molar-refractivity contribution in [3.05, 3.63) is 72.1 Å². The van der Waals surface area contributed by atoms with Gasteiger partial charge in [0.1, 0.15) is 11.7 Å². The third-order valence-corrected chi connectivity index (χ3v) is 10.2. The van der Waals surface area contributed by atoms with Crippen molar-refractivity contribution in [2.45, 2.75) is 66.8 Å². The smallest absolute Gasteiger partial charge is 0.681 e. The van der Waals surface area contributed by atoms with Crippen LogP contribution in [0.15, 0.2) is 17.1 Å². The number of carbonyl (C=O) groups excluding carboxylic acids is 2. The normalized spacial score (nSPS) is 29.4. The Kier molecular flexibility index (Phi) is 9.13. The number of aromatic nitrogens is 2. The molecule has 238 valence electrons. The van der Waals surface area contributed by atoms with Crippen molar-refractivity contribution in [1.29, 1.82) is 0 Å². The molecule has 5 heterocycles. The van der Waals surface area contributed by atoms with E-state index in [0.717, 1.165) is 28.9 Å². The van der Waals surface area contributed by atoms with Gasteiger partial charge in [0.2, 0.25) is 0 Å². The molecule has 1 aliphatic carbocycles. The molecule has 46 heavy (non-hydrogen) atoms. The van der Waals surface area contributed by atoms with Gasteiger partial charge in [0, 0.05) is 17.2 Å². The number of aliphatic hydroxyl groups excluding tert-OH is 1. The van der Waals surface area contributed by atoms with Gasteiger partial charge in [-0.1, -0.05) is 68.2 Å². The van der Waals surface area contributed by atoms with Crippen molar-refractivity contribution in [2.75, 3.05) is 7.11 Å². The molecule has 11 heteroatoms. The van der Waals surface area contributed by atoms with Crippen LogP contribution in [-0.2, 0) is 14.3 Å². The summed E-state index contributed by atoms with van der Waals surface area (Å²) in [7, 11) is 1.28. The van der Waals surface area contributed by atoms with Gasteiger partial charge in [-0.3, -0.25) is 14.4 Å². The molecule has 1 unspecified atom stereocenters. The van der Waals surface area contributed by atoms with Crippen molar-refractivity contribution >= 4 is 70.3 Å². The quantitative estimate of drug-likeness (QED) is 0.270. The van der Waals surface area contributed by atoms with Gasteiger partial charge in [0.15, 0.2) is 5.78 Å². The summed E-state index contributed by atoms with van der Waals surface area (Å²) in [5, 5.41) is 32.3. The SMILES string of the molecule is CC[C@H]1/C2=C\c3[n-]c4c(c3C)=C(O)[C@H](C(=O)OC)C=4C3[N-]/C(=C/c4[n-]c(c(C(C)=O)c4C)/C=C(\[N-]2)[C@@H]1C)[C@@H](C)[C@@H]3CCC(=O)O.[Mg+2]. The molecule has 0 spiro atoms. The Morgan fingerprint density at radius 2 is 1.59 bits per heavy atom. The van der Waals surface area contributed by atoms with E-state index in [-0.39, 0.29) is 64.7 Å². The van der Waals surface area contributed by atoms with Crippen LogP contribution in [0, 0.1) is 43.4 Å². The zero-order valence-corrected chi connectivity index (χ0v) is 28.8. The summed E-state index contributed by atoms with van der Waals surface area (Å²) in [6.07, 6.45) is 6.77. The van der Waals surface area contributed by atoms with E-state index in [1.807, 2.05) is 39.0 Å². The Morgan fingerprint density at radius 1 is 0.935 bits per heavy atom.